The van der Waals surface area contributed by atoms with E-state index in [1.165, 1.54) is 12.1 Å². The molecule has 1 aromatic rings. The zero-order chi connectivity index (χ0) is 12.0. The summed E-state index contributed by atoms with van der Waals surface area (Å²) in [6, 6.07) is 3.71. The molecule has 1 rings (SSSR count). The molecule has 0 radical (unpaired) electrons. The molecule has 0 bridgehead atoms. The third kappa shape index (κ3) is 4.24. The molecule has 2 nitrogen and oxygen atoms in total. The maximum atomic E-state index is 13.3. The predicted octanol–water partition coefficient (Wildman–Crippen LogP) is 2.01. The summed E-state index contributed by atoms with van der Waals surface area (Å²) in [5, 5.41) is 3.19. The lowest BCUT2D eigenvalue weighted by Crippen LogP contribution is -2.29. The minimum absolute atomic E-state index is 0.477. The lowest BCUT2D eigenvalue weighted by Gasteiger charge is -2.17. The summed E-state index contributed by atoms with van der Waals surface area (Å²) in [6.45, 7) is 5.18. The monoisotopic (exact) mass is 228 g/mol. The Bertz CT molecular complexity index is 329. The standard InChI is InChI=1S/C12H18F2N2/c1-3-15-6-7-16(2)9-10-4-5-11(13)8-12(10)14/h4-5,8,15H,3,6-7,9H2,1-2H3. The van der Waals surface area contributed by atoms with Crippen molar-refractivity contribution >= 4 is 0 Å². The predicted molar refractivity (Wildman–Crippen MR) is 61.2 cm³/mol. The Morgan fingerprint density at radius 1 is 1.31 bits per heavy atom. The molecule has 0 atom stereocenters. The smallest absolute Gasteiger partial charge is 0.130 e. The lowest BCUT2D eigenvalue weighted by molar-refractivity contribution is 0.320. The summed E-state index contributed by atoms with van der Waals surface area (Å²) in [5.74, 6) is -1.01. The van der Waals surface area contributed by atoms with E-state index in [9.17, 15) is 8.78 Å². The van der Waals surface area contributed by atoms with Crippen LogP contribution < -0.4 is 5.32 Å². The lowest BCUT2D eigenvalue weighted by atomic mass is 10.2. The molecule has 0 saturated carbocycles. The van der Waals surface area contributed by atoms with E-state index >= 15 is 0 Å². The van der Waals surface area contributed by atoms with Gasteiger partial charge in [0.1, 0.15) is 11.6 Å². The Morgan fingerprint density at radius 2 is 2.06 bits per heavy atom. The first kappa shape index (κ1) is 13.1. The van der Waals surface area contributed by atoms with Crippen LogP contribution in [0.2, 0.25) is 0 Å². The summed E-state index contributed by atoms with van der Waals surface area (Å²) in [7, 11) is 1.92. The highest BCUT2D eigenvalue weighted by molar-refractivity contribution is 5.18. The molecule has 0 aliphatic carbocycles. The fourth-order valence-electron chi connectivity index (χ4n) is 1.47. The average Bonchev–Trinajstić information content (AvgIpc) is 2.23. The zero-order valence-corrected chi connectivity index (χ0v) is 9.76. The van der Waals surface area contributed by atoms with Gasteiger partial charge in [0, 0.05) is 31.3 Å². The number of halogens is 2. The van der Waals surface area contributed by atoms with Gasteiger partial charge in [-0.1, -0.05) is 13.0 Å². The van der Waals surface area contributed by atoms with Gasteiger partial charge in [0.2, 0.25) is 0 Å². The van der Waals surface area contributed by atoms with Crippen LogP contribution in [0.5, 0.6) is 0 Å². The van der Waals surface area contributed by atoms with Gasteiger partial charge in [-0.2, -0.15) is 0 Å². The van der Waals surface area contributed by atoms with Crippen molar-refractivity contribution in [3.05, 3.63) is 35.4 Å². The highest BCUT2D eigenvalue weighted by Crippen LogP contribution is 2.11. The Balaban J connectivity index is 2.46. The van der Waals surface area contributed by atoms with Crippen molar-refractivity contribution in [2.24, 2.45) is 0 Å². The van der Waals surface area contributed by atoms with E-state index in [1.54, 1.807) is 0 Å². The Hall–Kier alpha value is -1.00. The quantitative estimate of drug-likeness (QED) is 0.749. The normalized spacial score (nSPS) is 11.1. The van der Waals surface area contributed by atoms with Gasteiger partial charge in [-0.25, -0.2) is 8.78 Å². The van der Waals surface area contributed by atoms with E-state index in [0.717, 1.165) is 25.7 Å². The van der Waals surface area contributed by atoms with Crippen molar-refractivity contribution in [1.29, 1.82) is 0 Å². The molecule has 0 aliphatic rings. The van der Waals surface area contributed by atoms with Crippen molar-refractivity contribution in [2.75, 3.05) is 26.7 Å². The number of nitrogens with one attached hydrogen (secondary N) is 1. The zero-order valence-electron chi connectivity index (χ0n) is 9.76. The number of benzene rings is 1. The van der Waals surface area contributed by atoms with Crippen LogP contribution in [-0.2, 0) is 6.54 Å². The van der Waals surface area contributed by atoms with Crippen LogP contribution in [-0.4, -0.2) is 31.6 Å². The van der Waals surface area contributed by atoms with E-state index < -0.39 is 11.6 Å². The van der Waals surface area contributed by atoms with E-state index in [0.29, 0.717) is 12.1 Å². The molecular formula is C12H18F2N2. The molecule has 0 unspecified atom stereocenters. The number of hydrogen-bond acceptors (Lipinski definition) is 2. The van der Waals surface area contributed by atoms with Crippen LogP contribution in [0.1, 0.15) is 12.5 Å². The maximum absolute atomic E-state index is 13.3. The maximum Gasteiger partial charge on any atom is 0.130 e. The fourth-order valence-corrected chi connectivity index (χ4v) is 1.47. The molecule has 4 heteroatoms. The van der Waals surface area contributed by atoms with Crippen LogP contribution in [0.4, 0.5) is 8.78 Å². The Kier molecular flexibility index (Phi) is 5.35. The average molecular weight is 228 g/mol. The molecule has 0 fully saturated rings. The third-order valence-corrected chi connectivity index (χ3v) is 2.38. The Labute approximate surface area is 95.3 Å². The highest BCUT2D eigenvalue weighted by Gasteiger charge is 2.06. The van der Waals surface area contributed by atoms with E-state index in [1.807, 2.05) is 18.9 Å². The number of likely N-dealkylation sites (N-methyl/N-ethyl adjacent to an activating group) is 2. The molecule has 90 valence electrons. The van der Waals surface area contributed by atoms with Gasteiger partial charge < -0.3 is 10.2 Å². The van der Waals surface area contributed by atoms with Crippen molar-refractivity contribution in [2.45, 2.75) is 13.5 Å². The largest absolute Gasteiger partial charge is 0.316 e. The number of rotatable bonds is 6. The molecule has 0 aromatic heterocycles. The summed E-state index contributed by atoms with van der Waals surface area (Å²) >= 11 is 0. The fraction of sp³-hybridized carbons (Fsp3) is 0.500. The summed E-state index contributed by atoms with van der Waals surface area (Å²) in [5.41, 5.74) is 0.528. The van der Waals surface area contributed by atoms with E-state index in [-0.39, 0.29) is 0 Å². The number of hydrogen-bond donors (Lipinski definition) is 1. The second-order valence-corrected chi connectivity index (χ2v) is 3.83. The molecule has 0 spiro atoms. The van der Waals surface area contributed by atoms with Gasteiger partial charge in [-0.3, -0.25) is 0 Å². The molecule has 0 heterocycles. The second kappa shape index (κ2) is 6.55. The molecule has 0 saturated heterocycles. The van der Waals surface area contributed by atoms with Gasteiger partial charge in [-0.05, 0) is 19.7 Å². The first-order valence-corrected chi connectivity index (χ1v) is 5.46. The van der Waals surface area contributed by atoms with Crippen LogP contribution >= 0.6 is 0 Å². The highest BCUT2D eigenvalue weighted by atomic mass is 19.1. The van der Waals surface area contributed by atoms with Crippen LogP contribution in [0.15, 0.2) is 18.2 Å². The molecular weight excluding hydrogens is 210 g/mol. The van der Waals surface area contributed by atoms with Gasteiger partial charge >= 0.3 is 0 Å². The minimum Gasteiger partial charge on any atom is -0.316 e. The van der Waals surface area contributed by atoms with Crippen molar-refractivity contribution in [3.63, 3.8) is 0 Å². The molecule has 0 aliphatic heterocycles. The van der Waals surface area contributed by atoms with Gasteiger partial charge in [-0.15, -0.1) is 0 Å². The second-order valence-electron chi connectivity index (χ2n) is 3.83. The number of nitrogens with zero attached hydrogens (tertiary/aromatic N) is 1. The summed E-state index contributed by atoms with van der Waals surface area (Å²) < 4.78 is 26.0. The summed E-state index contributed by atoms with van der Waals surface area (Å²) in [4.78, 5) is 2.00. The minimum atomic E-state index is -0.531. The molecule has 1 N–H and O–H groups in total. The van der Waals surface area contributed by atoms with Crippen molar-refractivity contribution < 1.29 is 8.78 Å². The topological polar surface area (TPSA) is 15.3 Å². The first-order chi connectivity index (χ1) is 7.63. The van der Waals surface area contributed by atoms with E-state index in [2.05, 4.69) is 5.32 Å². The van der Waals surface area contributed by atoms with Crippen LogP contribution in [0.25, 0.3) is 0 Å². The molecule has 0 amide bonds. The van der Waals surface area contributed by atoms with Gasteiger partial charge in [0.25, 0.3) is 0 Å². The van der Waals surface area contributed by atoms with Crippen molar-refractivity contribution in [1.82, 2.24) is 10.2 Å². The SMILES string of the molecule is CCNCCN(C)Cc1ccc(F)cc1F. The van der Waals surface area contributed by atoms with Crippen LogP contribution in [0, 0.1) is 11.6 Å². The molecule has 16 heavy (non-hydrogen) atoms. The molecule has 1 aromatic carbocycles. The van der Waals surface area contributed by atoms with Gasteiger partial charge in [0.05, 0.1) is 0 Å². The summed E-state index contributed by atoms with van der Waals surface area (Å²) in [6.07, 6.45) is 0. The first-order valence-electron chi connectivity index (χ1n) is 5.46. The third-order valence-electron chi connectivity index (χ3n) is 2.38. The van der Waals surface area contributed by atoms with E-state index in [4.69, 9.17) is 0 Å². The Morgan fingerprint density at radius 3 is 2.69 bits per heavy atom. The van der Waals surface area contributed by atoms with Gasteiger partial charge in [0.15, 0.2) is 0 Å². The van der Waals surface area contributed by atoms with Crippen molar-refractivity contribution in [3.8, 4) is 0 Å². The van der Waals surface area contributed by atoms with Crippen LogP contribution in [0.3, 0.4) is 0 Å².